The average molecular weight is 798 g/mol. The van der Waals surface area contributed by atoms with Crippen LogP contribution in [-0.2, 0) is 43.3 Å². The van der Waals surface area contributed by atoms with Gasteiger partial charge in [0.05, 0.1) is 0 Å². The van der Waals surface area contributed by atoms with E-state index < -0.39 is 53.4 Å². The van der Waals surface area contributed by atoms with Gasteiger partial charge in [0.25, 0.3) is 0 Å². The molecule has 10 aliphatic rings. The van der Waals surface area contributed by atoms with E-state index in [2.05, 4.69) is 14.7 Å². The van der Waals surface area contributed by atoms with Crippen LogP contribution in [0, 0.1) is 0 Å². The van der Waals surface area contributed by atoms with Gasteiger partial charge in [-0.1, -0.05) is 0 Å². The van der Waals surface area contributed by atoms with Crippen LogP contribution in [0.15, 0.2) is 0 Å². The third-order valence-electron chi connectivity index (χ3n) is 10.4. The van der Waals surface area contributed by atoms with Gasteiger partial charge in [0.1, 0.15) is 0 Å². The fourth-order valence-corrected chi connectivity index (χ4v) is 31.9. The van der Waals surface area contributed by atoms with E-state index >= 15 is 0 Å². The van der Waals surface area contributed by atoms with Crippen LogP contribution < -0.4 is 0 Å². The number of hydrogen-bond acceptors (Lipinski definition) is 14. The van der Waals surface area contributed by atoms with Crippen molar-refractivity contribution in [1.29, 1.82) is 0 Å². The van der Waals surface area contributed by atoms with E-state index in [1.165, 1.54) is 0 Å². The molecule has 1 aliphatic carbocycles. The molecule has 43 heavy (non-hydrogen) atoms. The Labute approximate surface area is 265 Å². The zero-order valence-electron chi connectivity index (χ0n) is 25.7. The summed E-state index contributed by atoms with van der Waals surface area (Å²) in [5.41, 5.74) is 0. The molecule has 4 unspecified atom stereocenters. The number of ether oxygens (including phenoxy) is 2. The van der Waals surface area contributed by atoms with E-state index in [1.807, 2.05) is 0 Å². The summed E-state index contributed by atoms with van der Waals surface area (Å²) in [4.78, 5) is 7.02. The van der Waals surface area contributed by atoms with Crippen LogP contribution >= 0.6 is 0 Å². The second-order valence-electron chi connectivity index (χ2n) is 12.4. The predicted molar refractivity (Wildman–Crippen MR) is 157 cm³/mol. The first-order chi connectivity index (χ1) is 21.1. The summed E-state index contributed by atoms with van der Waals surface area (Å²) in [6, 6.07) is 0. The van der Waals surface area contributed by atoms with Gasteiger partial charge in [-0.25, -0.2) is 0 Å². The second-order valence-corrected chi connectivity index (χ2v) is 30.3. The third-order valence-corrected chi connectivity index (χ3v) is 31.4. The van der Waals surface area contributed by atoms with Crippen LogP contribution in [0.3, 0.4) is 0 Å². The maximum absolute atomic E-state index is 6.85. The van der Waals surface area contributed by atoms with Gasteiger partial charge in [0.15, 0.2) is 0 Å². The van der Waals surface area contributed by atoms with Crippen molar-refractivity contribution in [2.45, 2.75) is 32.9 Å². The van der Waals surface area contributed by atoms with E-state index in [4.69, 9.17) is 43.3 Å². The molecule has 10 rings (SSSR count). The Hall–Kier alpha value is 1.07. The van der Waals surface area contributed by atoms with Crippen molar-refractivity contribution in [3.8, 4) is 0 Å². The van der Waals surface area contributed by atoms with Gasteiger partial charge >= 0.3 is 266 Å². The molecule has 0 aromatic heterocycles. The first-order valence-corrected chi connectivity index (χ1v) is 27.2. The number of methoxy groups -OCH3 is 2. The Balaban J connectivity index is 1.34. The topological polar surface area (TPSA) is 111 Å². The number of rotatable bonds is 5. The Kier molecular flexibility index (Phi) is 10.5. The Morgan fingerprint density at radius 1 is 0.535 bits per heavy atom. The van der Waals surface area contributed by atoms with Crippen LogP contribution in [-0.4, -0.2) is 201 Å². The van der Waals surface area contributed by atoms with E-state index in [-0.39, 0.29) is 9.50 Å². The fraction of sp³-hybridized carbons (Fsp3) is 1.00. The van der Waals surface area contributed by atoms with Gasteiger partial charge in [0, 0.05) is 0 Å². The molecular formula is C26H49Ge3N3O11. The van der Waals surface area contributed by atoms with Crippen LogP contribution in [0.4, 0.5) is 0 Å². The predicted octanol–water partition coefficient (Wildman–Crippen LogP) is -0.586. The molecule has 0 aromatic rings. The van der Waals surface area contributed by atoms with Crippen LogP contribution in [0.1, 0.15) is 12.8 Å². The molecule has 4 atom stereocenters. The molecule has 0 amide bonds. The van der Waals surface area contributed by atoms with Crippen molar-refractivity contribution >= 4 is 42.8 Å². The van der Waals surface area contributed by atoms with E-state index in [9.17, 15) is 0 Å². The zero-order chi connectivity index (χ0) is 29.4. The molecule has 9 saturated heterocycles. The summed E-state index contributed by atoms with van der Waals surface area (Å²) in [6.45, 7) is 12.8. The fourth-order valence-electron chi connectivity index (χ4n) is 8.15. The molecule has 1 saturated carbocycles. The molecule has 0 radical (unpaired) electrons. The Bertz CT molecular complexity index is 882. The van der Waals surface area contributed by atoms with Gasteiger partial charge in [0.2, 0.25) is 0 Å². The molecule has 0 aromatic carbocycles. The molecule has 6 bridgehead atoms. The summed E-state index contributed by atoms with van der Waals surface area (Å²) in [5, 5.41) is 0. The van der Waals surface area contributed by atoms with Gasteiger partial charge in [-0.3, -0.25) is 0 Å². The molecule has 0 spiro atoms. The van der Waals surface area contributed by atoms with Gasteiger partial charge < -0.3 is 0 Å². The van der Waals surface area contributed by atoms with Crippen molar-refractivity contribution in [1.82, 2.24) is 14.7 Å². The quantitative estimate of drug-likeness (QED) is 0.331. The summed E-state index contributed by atoms with van der Waals surface area (Å²) in [6.07, 6.45) is 0.774. The van der Waals surface area contributed by atoms with Crippen molar-refractivity contribution in [3.63, 3.8) is 0 Å². The van der Waals surface area contributed by atoms with E-state index in [0.29, 0.717) is 72.3 Å². The average Bonchev–Trinajstić information content (AvgIpc) is 2.90. The van der Waals surface area contributed by atoms with Crippen LogP contribution in [0.5, 0.6) is 0 Å². The van der Waals surface area contributed by atoms with Crippen molar-refractivity contribution in [2.75, 3.05) is 133 Å². The van der Waals surface area contributed by atoms with Crippen molar-refractivity contribution < 1.29 is 43.3 Å². The minimum absolute atomic E-state index is 0.0765. The molecule has 0 N–H and O–H groups in total. The van der Waals surface area contributed by atoms with Gasteiger partial charge in [-0.15, -0.1) is 0 Å². The van der Waals surface area contributed by atoms with Crippen molar-refractivity contribution in [3.05, 3.63) is 0 Å². The van der Waals surface area contributed by atoms with Gasteiger partial charge in [-0.2, -0.15) is 0 Å². The molecule has 246 valence electrons. The molecule has 14 nitrogen and oxygen atoms in total. The second kappa shape index (κ2) is 13.9. The summed E-state index contributed by atoms with van der Waals surface area (Å²) in [7, 11) is 3.52. The van der Waals surface area contributed by atoms with E-state index in [0.717, 1.165) is 58.9 Å². The normalized spacial score (nSPS) is 49.8. The summed E-state index contributed by atoms with van der Waals surface area (Å²) < 4.78 is 73.4. The van der Waals surface area contributed by atoms with E-state index in [1.54, 1.807) is 14.2 Å². The third kappa shape index (κ3) is 6.11. The van der Waals surface area contributed by atoms with Gasteiger partial charge in [-0.05, 0) is 0 Å². The monoisotopic (exact) mass is 801 g/mol. The molecule has 9 aliphatic heterocycles. The standard InChI is InChI=1S/C26H49Ge3N3O11/c1-33-25-24(28-38-15-6-31(7-16-39-28)8-17-40-28)21-23(27-35-12-3-30(4-13-36-27)5-14-37-27)22-26(25,34-2)29-41-18-9-32(10-19-42-29)11-20-43-29/h23-25H,3-22H2,1-2H3. The molecule has 17 heteroatoms. The SMILES string of the molecule is COC1[CH]([Ge]23[O]CCN(CC[O]2)CC[O]3)C[CH]([Ge]23[O]CCN(CC[O]2)CC[O]3)C[C]1(OC)[Ge]12[O]CCN(CC[O]1)CC[O]2. The van der Waals surface area contributed by atoms with Crippen LogP contribution in [0.2, 0.25) is 9.50 Å². The molecule has 9 heterocycles. The maximum atomic E-state index is 6.85. The number of fused-ring (bicyclic) bond motifs is 18. The van der Waals surface area contributed by atoms with Crippen molar-refractivity contribution in [2.24, 2.45) is 0 Å². The first-order valence-electron chi connectivity index (χ1n) is 16.1. The molecular weight excluding hydrogens is 748 g/mol. The Morgan fingerprint density at radius 2 is 0.907 bits per heavy atom. The summed E-state index contributed by atoms with van der Waals surface area (Å²) >= 11 is -12.3. The molecule has 10 fully saturated rings. The first kappa shape index (κ1) is 32.6. The summed E-state index contributed by atoms with van der Waals surface area (Å²) in [5.74, 6) is 0. The number of hydrogen-bond donors (Lipinski definition) is 0. The zero-order valence-corrected chi connectivity index (χ0v) is 32.0. The number of nitrogens with zero attached hydrogens (tertiary/aromatic N) is 3. The Morgan fingerprint density at radius 3 is 1.28 bits per heavy atom. The minimum atomic E-state index is -4.29. The van der Waals surface area contributed by atoms with Crippen LogP contribution in [0.25, 0.3) is 0 Å².